The fourth-order valence-electron chi connectivity index (χ4n) is 3.64. The summed E-state index contributed by atoms with van der Waals surface area (Å²) in [4.78, 5) is 8.81. The number of carbonyl (C=O) groups excluding carboxylic acids is 1. The molecule has 36 heavy (non-hydrogen) atoms. The molecule has 0 amide bonds. The van der Waals surface area contributed by atoms with Crippen LogP contribution in [0.15, 0.2) is 42.5 Å². The van der Waals surface area contributed by atoms with Crippen molar-refractivity contribution in [3.05, 3.63) is 87.0 Å². The molecular formula is C28H37F4N3O. The van der Waals surface area contributed by atoms with E-state index in [1.54, 1.807) is 27.7 Å². The van der Waals surface area contributed by atoms with Gasteiger partial charge in [0.25, 0.3) is 0 Å². The zero-order chi connectivity index (χ0) is 27.1. The molecule has 3 rings (SSSR count). The van der Waals surface area contributed by atoms with Crippen molar-refractivity contribution in [2.45, 2.75) is 60.6 Å². The summed E-state index contributed by atoms with van der Waals surface area (Å²) in [6.07, 6.45) is -3.65. The molecule has 0 atom stereocenters. The van der Waals surface area contributed by atoms with Gasteiger partial charge in [-0.05, 0) is 111 Å². The Labute approximate surface area is 211 Å². The van der Waals surface area contributed by atoms with E-state index in [1.807, 2.05) is 19.1 Å². The molecule has 6 N–H and O–H groups in total. The normalized spacial score (nSPS) is 10.4. The van der Waals surface area contributed by atoms with Crippen LogP contribution in [0, 0.1) is 41.5 Å². The van der Waals surface area contributed by atoms with Crippen LogP contribution in [0.5, 0.6) is 0 Å². The highest BCUT2D eigenvalue weighted by Crippen LogP contribution is 2.44. The van der Waals surface area contributed by atoms with Crippen LogP contribution in [0.1, 0.15) is 57.3 Å². The summed E-state index contributed by atoms with van der Waals surface area (Å²) in [5.74, 6) is -1.69. The first-order chi connectivity index (χ1) is 16.2. The van der Waals surface area contributed by atoms with Gasteiger partial charge in [-0.15, -0.1) is 0 Å². The minimum Gasteiger partial charge on any atom is -0.399 e. The van der Waals surface area contributed by atoms with E-state index in [2.05, 4.69) is 13.0 Å². The molecule has 0 radical (unpaired) electrons. The van der Waals surface area contributed by atoms with Gasteiger partial charge < -0.3 is 22.0 Å². The van der Waals surface area contributed by atoms with E-state index >= 15 is 0 Å². The third-order valence-corrected chi connectivity index (χ3v) is 6.34. The average molecular weight is 508 g/mol. The lowest BCUT2D eigenvalue weighted by Crippen LogP contribution is -2.24. The molecule has 8 heteroatoms. The lowest BCUT2D eigenvalue weighted by molar-refractivity contribution is -0.141. The number of nitrogens with two attached hydrogens (primary N) is 3. The topological polar surface area (TPSA) is 95.1 Å². The number of carbonyl (C=O) groups is 1. The number of hydrogen-bond acceptors (Lipinski definition) is 4. The number of benzene rings is 3. The zero-order valence-corrected chi connectivity index (χ0v) is 21.9. The van der Waals surface area contributed by atoms with Gasteiger partial charge >= 0.3 is 6.18 Å². The van der Waals surface area contributed by atoms with Crippen LogP contribution < -0.4 is 17.2 Å². The Morgan fingerprint density at radius 2 is 1.03 bits per heavy atom. The second-order valence-electron chi connectivity index (χ2n) is 8.49. The lowest BCUT2D eigenvalue weighted by atomic mass is 9.83. The van der Waals surface area contributed by atoms with Crippen molar-refractivity contribution in [1.82, 2.24) is 0 Å². The highest BCUT2D eigenvalue weighted by Gasteiger charge is 2.43. The fraction of sp³-hybridized carbons (Fsp3) is 0.321. The Hall–Kier alpha value is -3.55. The molecule has 4 nitrogen and oxygen atoms in total. The van der Waals surface area contributed by atoms with E-state index < -0.39 is 12.1 Å². The van der Waals surface area contributed by atoms with Crippen molar-refractivity contribution in [3.8, 4) is 0 Å². The van der Waals surface area contributed by atoms with Gasteiger partial charge in [0.15, 0.2) is 0 Å². The second kappa shape index (κ2) is 13.5. The van der Waals surface area contributed by atoms with Crippen LogP contribution in [0.4, 0.5) is 34.9 Å². The fourth-order valence-corrected chi connectivity index (χ4v) is 3.64. The quantitative estimate of drug-likeness (QED) is 0.197. The molecule has 0 aromatic heterocycles. The Kier molecular flexibility index (Phi) is 12.2. The number of halogens is 4. The number of aldehydes is 1. The molecule has 0 bridgehead atoms. The monoisotopic (exact) mass is 507 g/mol. The maximum atomic E-state index is 13.9. The van der Waals surface area contributed by atoms with Gasteiger partial charge in [0.1, 0.15) is 12.2 Å². The van der Waals surface area contributed by atoms with Crippen molar-refractivity contribution in [2.24, 2.45) is 0 Å². The van der Waals surface area contributed by atoms with Gasteiger partial charge in [-0.25, -0.2) is 0 Å². The SMILES string of the molecule is CC=O.Cc1c(N)ccc(C(c2ccc(N)c(C)c2C)C(F)(F)F)c1C.Cc1cccc(N)c1C.F. The summed E-state index contributed by atoms with van der Waals surface area (Å²) in [5, 5.41) is 0. The molecule has 0 heterocycles. The number of hydrogen-bond donors (Lipinski definition) is 3. The third kappa shape index (κ3) is 7.73. The van der Waals surface area contributed by atoms with E-state index in [0.29, 0.717) is 33.6 Å². The Bertz CT molecular complexity index is 1100. The molecule has 0 unspecified atom stereocenters. The number of alkyl halides is 3. The largest absolute Gasteiger partial charge is 0.399 e. The van der Waals surface area contributed by atoms with Crippen LogP contribution in [0.3, 0.4) is 0 Å². The third-order valence-electron chi connectivity index (χ3n) is 6.34. The number of aryl methyl sites for hydroxylation is 1. The Balaban J connectivity index is 0.000000784. The highest BCUT2D eigenvalue weighted by atomic mass is 19.4. The van der Waals surface area contributed by atoms with Crippen LogP contribution >= 0.6 is 0 Å². The molecule has 0 saturated carbocycles. The Morgan fingerprint density at radius 3 is 1.33 bits per heavy atom. The van der Waals surface area contributed by atoms with E-state index in [-0.39, 0.29) is 15.8 Å². The number of rotatable bonds is 2. The molecular weight excluding hydrogens is 470 g/mol. The predicted molar refractivity (Wildman–Crippen MR) is 143 cm³/mol. The van der Waals surface area contributed by atoms with Gasteiger partial charge in [-0.3, -0.25) is 4.70 Å². The second-order valence-corrected chi connectivity index (χ2v) is 8.49. The molecule has 0 fully saturated rings. The smallest absolute Gasteiger partial charge is 0.399 e. The first-order valence-electron chi connectivity index (χ1n) is 11.2. The number of anilines is 3. The molecule has 0 spiro atoms. The van der Waals surface area contributed by atoms with Crippen molar-refractivity contribution < 1.29 is 22.7 Å². The zero-order valence-electron chi connectivity index (χ0n) is 21.9. The molecule has 198 valence electrons. The van der Waals surface area contributed by atoms with Gasteiger partial charge in [-0.2, -0.15) is 13.2 Å². The van der Waals surface area contributed by atoms with Crippen LogP contribution in [0.2, 0.25) is 0 Å². The first-order valence-corrected chi connectivity index (χ1v) is 11.2. The van der Waals surface area contributed by atoms with E-state index in [0.717, 1.165) is 12.0 Å². The van der Waals surface area contributed by atoms with Crippen LogP contribution in [0.25, 0.3) is 0 Å². The maximum Gasteiger partial charge on any atom is 0.399 e. The van der Waals surface area contributed by atoms with Crippen molar-refractivity contribution in [2.75, 3.05) is 17.2 Å². The summed E-state index contributed by atoms with van der Waals surface area (Å²) < 4.78 is 41.6. The molecule has 3 aromatic carbocycles. The summed E-state index contributed by atoms with van der Waals surface area (Å²) in [6.45, 7) is 12.4. The van der Waals surface area contributed by atoms with Gasteiger partial charge in [0.05, 0.1) is 0 Å². The van der Waals surface area contributed by atoms with E-state index in [1.165, 1.54) is 42.3 Å². The predicted octanol–water partition coefficient (Wildman–Crippen LogP) is 7.02. The highest BCUT2D eigenvalue weighted by molar-refractivity contribution is 5.59. The van der Waals surface area contributed by atoms with Gasteiger partial charge in [0, 0.05) is 17.1 Å². The summed E-state index contributed by atoms with van der Waals surface area (Å²) >= 11 is 0. The van der Waals surface area contributed by atoms with Crippen molar-refractivity contribution >= 4 is 23.3 Å². The van der Waals surface area contributed by atoms with E-state index in [4.69, 9.17) is 22.0 Å². The summed E-state index contributed by atoms with van der Waals surface area (Å²) in [5.41, 5.74) is 24.5. The van der Waals surface area contributed by atoms with Gasteiger partial charge in [-0.1, -0.05) is 24.3 Å². The molecule has 0 aliphatic heterocycles. The first kappa shape index (κ1) is 32.5. The Morgan fingerprint density at radius 1 is 0.667 bits per heavy atom. The molecule has 0 aliphatic rings. The molecule has 3 aromatic rings. The number of nitrogen functional groups attached to an aromatic ring is 3. The minimum absolute atomic E-state index is 0. The summed E-state index contributed by atoms with van der Waals surface area (Å²) in [7, 11) is 0. The maximum absolute atomic E-state index is 13.9. The summed E-state index contributed by atoms with van der Waals surface area (Å²) in [6, 6.07) is 12.0. The van der Waals surface area contributed by atoms with Crippen LogP contribution in [-0.4, -0.2) is 12.5 Å². The van der Waals surface area contributed by atoms with Crippen molar-refractivity contribution in [1.29, 1.82) is 0 Å². The standard InChI is InChI=1S/C18H21F3N2.C8H11N.C2H4O.FH/c1-9-11(3)15(22)7-5-13(9)17(18(19,20)21)14-6-8-16(23)12(4)10(14)2;1-6-4-3-5-8(9)7(6)2;1-2-3;/h5-8,17H,22-23H2,1-4H3;3-5H,9H2,1-2H3;2H,1H3;1H. The average Bonchev–Trinajstić information content (AvgIpc) is 2.77. The molecule has 0 aliphatic carbocycles. The van der Waals surface area contributed by atoms with Gasteiger partial charge in [0.2, 0.25) is 0 Å². The lowest BCUT2D eigenvalue weighted by Gasteiger charge is -2.26. The van der Waals surface area contributed by atoms with Crippen LogP contribution in [-0.2, 0) is 4.79 Å². The minimum atomic E-state index is -4.40. The van der Waals surface area contributed by atoms with Crippen molar-refractivity contribution in [3.63, 3.8) is 0 Å². The van der Waals surface area contributed by atoms with E-state index in [9.17, 15) is 13.2 Å². The molecule has 0 saturated heterocycles.